The lowest BCUT2D eigenvalue weighted by Crippen LogP contribution is -2.35. The molecule has 1 aromatic rings. The summed E-state index contributed by atoms with van der Waals surface area (Å²) in [6, 6.07) is 0.177. The number of hydrogen-bond acceptors (Lipinski definition) is 3. The smallest absolute Gasteiger partial charge is 0.257 e. The van der Waals surface area contributed by atoms with Crippen molar-refractivity contribution in [3.8, 4) is 0 Å². The fourth-order valence-corrected chi connectivity index (χ4v) is 3.03. The molecule has 4 nitrogen and oxygen atoms in total. The standard InChI is InChI=1S/C14H18N2O2/c1-9-6-7-10(8-17)13-15-12-5-3-2-4-11(12)14(18)16(9)13/h8-9,17H,2-7H2,1H3/b10-8+. The van der Waals surface area contributed by atoms with Crippen LogP contribution in [0.3, 0.4) is 0 Å². The molecule has 3 rings (SSSR count). The Balaban J connectivity index is 2.28. The third kappa shape index (κ3) is 1.59. The third-order valence-electron chi connectivity index (χ3n) is 4.10. The number of rotatable bonds is 0. The lowest BCUT2D eigenvalue weighted by molar-refractivity contribution is 0.435. The van der Waals surface area contributed by atoms with Gasteiger partial charge in [0.25, 0.3) is 5.56 Å². The van der Waals surface area contributed by atoms with Gasteiger partial charge in [0.2, 0.25) is 0 Å². The first kappa shape index (κ1) is 11.5. The van der Waals surface area contributed by atoms with E-state index in [1.165, 1.54) is 0 Å². The van der Waals surface area contributed by atoms with Crippen molar-refractivity contribution < 1.29 is 5.11 Å². The lowest BCUT2D eigenvalue weighted by Gasteiger charge is -2.28. The van der Waals surface area contributed by atoms with Crippen LogP contribution in [0.1, 0.15) is 55.7 Å². The molecule has 2 heterocycles. The van der Waals surface area contributed by atoms with Gasteiger partial charge in [0.1, 0.15) is 5.82 Å². The van der Waals surface area contributed by atoms with E-state index in [1.807, 2.05) is 0 Å². The topological polar surface area (TPSA) is 55.1 Å². The maximum atomic E-state index is 12.5. The summed E-state index contributed by atoms with van der Waals surface area (Å²) in [5.41, 5.74) is 2.75. The van der Waals surface area contributed by atoms with E-state index < -0.39 is 0 Å². The second-order valence-electron chi connectivity index (χ2n) is 5.28. The number of nitrogens with zero attached hydrogens (tertiary/aromatic N) is 2. The Morgan fingerprint density at radius 2 is 2.11 bits per heavy atom. The zero-order chi connectivity index (χ0) is 12.7. The summed E-state index contributed by atoms with van der Waals surface area (Å²) in [5, 5.41) is 9.30. The van der Waals surface area contributed by atoms with Gasteiger partial charge < -0.3 is 5.11 Å². The van der Waals surface area contributed by atoms with Crippen LogP contribution in [0.2, 0.25) is 0 Å². The minimum Gasteiger partial charge on any atom is -0.515 e. The van der Waals surface area contributed by atoms with E-state index in [4.69, 9.17) is 0 Å². The van der Waals surface area contributed by atoms with Crippen molar-refractivity contribution in [1.29, 1.82) is 0 Å². The Kier molecular flexibility index (Phi) is 2.73. The average Bonchev–Trinajstić information content (AvgIpc) is 2.39. The van der Waals surface area contributed by atoms with E-state index in [9.17, 15) is 9.90 Å². The number of aliphatic hydroxyl groups is 1. The minimum atomic E-state index is 0.112. The van der Waals surface area contributed by atoms with Crippen LogP contribution in [0.5, 0.6) is 0 Å². The molecule has 1 aliphatic carbocycles. The van der Waals surface area contributed by atoms with E-state index in [2.05, 4.69) is 11.9 Å². The molecule has 1 atom stereocenters. The second kappa shape index (κ2) is 4.26. The Labute approximate surface area is 106 Å². The molecule has 18 heavy (non-hydrogen) atoms. The van der Waals surface area contributed by atoms with Crippen LogP contribution >= 0.6 is 0 Å². The van der Waals surface area contributed by atoms with Crippen molar-refractivity contribution in [2.45, 2.75) is 51.5 Å². The molecule has 0 fully saturated rings. The summed E-state index contributed by atoms with van der Waals surface area (Å²) in [4.78, 5) is 17.2. The van der Waals surface area contributed by atoms with Crippen molar-refractivity contribution in [3.63, 3.8) is 0 Å². The van der Waals surface area contributed by atoms with Crippen LogP contribution in [0, 0.1) is 0 Å². The van der Waals surface area contributed by atoms with E-state index in [0.717, 1.165) is 61.6 Å². The SMILES string of the molecule is CC1CC/C(=C\O)c2nc3c(c(=O)n21)CCCC3. The summed E-state index contributed by atoms with van der Waals surface area (Å²) in [6.45, 7) is 2.05. The van der Waals surface area contributed by atoms with Crippen LogP contribution in [-0.4, -0.2) is 14.7 Å². The van der Waals surface area contributed by atoms with Gasteiger partial charge in [-0.3, -0.25) is 9.36 Å². The van der Waals surface area contributed by atoms with E-state index in [-0.39, 0.29) is 11.6 Å². The lowest BCUT2D eigenvalue weighted by atomic mass is 9.94. The van der Waals surface area contributed by atoms with Gasteiger partial charge in [-0.2, -0.15) is 0 Å². The first-order valence-electron chi connectivity index (χ1n) is 6.70. The van der Waals surface area contributed by atoms with Gasteiger partial charge in [0, 0.05) is 17.2 Å². The van der Waals surface area contributed by atoms with Crippen molar-refractivity contribution in [3.05, 3.63) is 33.7 Å². The quantitative estimate of drug-likeness (QED) is 0.715. The first-order chi connectivity index (χ1) is 8.72. The molecule has 1 aromatic heterocycles. The molecular weight excluding hydrogens is 228 g/mol. The fourth-order valence-electron chi connectivity index (χ4n) is 3.03. The normalized spacial score (nSPS) is 24.7. The number of aryl methyl sites for hydroxylation is 1. The molecule has 1 N–H and O–H groups in total. The predicted octanol–water partition coefficient (Wildman–Crippen LogP) is 2.38. The summed E-state index contributed by atoms with van der Waals surface area (Å²) < 4.78 is 1.77. The highest BCUT2D eigenvalue weighted by Crippen LogP contribution is 2.31. The molecule has 0 saturated heterocycles. The van der Waals surface area contributed by atoms with Crippen molar-refractivity contribution >= 4 is 5.57 Å². The van der Waals surface area contributed by atoms with Crippen LogP contribution < -0.4 is 5.56 Å². The summed E-state index contributed by atoms with van der Waals surface area (Å²) in [5.74, 6) is 0.682. The number of fused-ring (bicyclic) bond motifs is 2. The van der Waals surface area contributed by atoms with Gasteiger partial charge in [-0.25, -0.2) is 4.98 Å². The zero-order valence-corrected chi connectivity index (χ0v) is 10.6. The molecule has 1 aliphatic heterocycles. The van der Waals surface area contributed by atoms with E-state index in [1.54, 1.807) is 4.57 Å². The molecular formula is C14H18N2O2. The molecule has 2 aliphatic rings. The highest BCUT2D eigenvalue weighted by molar-refractivity contribution is 5.60. The van der Waals surface area contributed by atoms with Crippen LogP contribution in [0.15, 0.2) is 11.1 Å². The largest absolute Gasteiger partial charge is 0.515 e. The minimum absolute atomic E-state index is 0.112. The summed E-state index contributed by atoms with van der Waals surface area (Å²) >= 11 is 0. The van der Waals surface area contributed by atoms with Gasteiger partial charge >= 0.3 is 0 Å². The molecule has 0 amide bonds. The van der Waals surface area contributed by atoms with Crippen LogP contribution in [0.4, 0.5) is 0 Å². The van der Waals surface area contributed by atoms with Crippen molar-refractivity contribution in [1.82, 2.24) is 9.55 Å². The third-order valence-corrected chi connectivity index (χ3v) is 4.10. The second-order valence-corrected chi connectivity index (χ2v) is 5.28. The summed E-state index contributed by atoms with van der Waals surface area (Å²) in [6.07, 6.45) is 6.73. The van der Waals surface area contributed by atoms with Crippen molar-refractivity contribution in [2.75, 3.05) is 0 Å². The summed E-state index contributed by atoms with van der Waals surface area (Å²) in [7, 11) is 0. The number of hydrogen-bond donors (Lipinski definition) is 1. The molecule has 0 bridgehead atoms. The zero-order valence-electron chi connectivity index (χ0n) is 10.6. The number of aromatic nitrogens is 2. The number of allylic oxidation sites excluding steroid dienone is 1. The molecule has 0 aromatic carbocycles. The Bertz CT molecular complexity index is 572. The van der Waals surface area contributed by atoms with E-state index >= 15 is 0 Å². The van der Waals surface area contributed by atoms with Gasteiger partial charge in [-0.1, -0.05) is 0 Å². The maximum absolute atomic E-state index is 12.5. The molecule has 4 heteroatoms. The Hall–Kier alpha value is -1.58. The Morgan fingerprint density at radius 1 is 1.33 bits per heavy atom. The highest BCUT2D eigenvalue weighted by Gasteiger charge is 2.26. The molecule has 0 spiro atoms. The molecule has 96 valence electrons. The van der Waals surface area contributed by atoms with Gasteiger partial charge in [-0.05, 0) is 45.4 Å². The van der Waals surface area contributed by atoms with Gasteiger partial charge in [0.15, 0.2) is 0 Å². The van der Waals surface area contributed by atoms with Crippen LogP contribution in [-0.2, 0) is 12.8 Å². The van der Waals surface area contributed by atoms with Crippen LogP contribution in [0.25, 0.3) is 5.57 Å². The average molecular weight is 246 g/mol. The Morgan fingerprint density at radius 3 is 2.89 bits per heavy atom. The molecule has 1 unspecified atom stereocenters. The molecule has 0 saturated carbocycles. The first-order valence-corrected chi connectivity index (χ1v) is 6.70. The van der Waals surface area contributed by atoms with Crippen molar-refractivity contribution in [2.24, 2.45) is 0 Å². The fraction of sp³-hybridized carbons (Fsp3) is 0.571. The predicted molar refractivity (Wildman–Crippen MR) is 69.7 cm³/mol. The monoisotopic (exact) mass is 246 g/mol. The van der Waals surface area contributed by atoms with Gasteiger partial charge in [-0.15, -0.1) is 0 Å². The maximum Gasteiger partial charge on any atom is 0.257 e. The highest BCUT2D eigenvalue weighted by atomic mass is 16.2. The van der Waals surface area contributed by atoms with Gasteiger partial charge in [0.05, 0.1) is 12.0 Å². The van der Waals surface area contributed by atoms with E-state index in [0.29, 0.717) is 5.82 Å². The number of aliphatic hydroxyl groups excluding tert-OH is 1. The molecule has 0 radical (unpaired) electrons.